The number of carbonyl (C=O) groups excluding carboxylic acids is 1. The molecule has 0 unspecified atom stereocenters. The van der Waals surface area contributed by atoms with Crippen molar-refractivity contribution in [2.45, 2.75) is 44.6 Å². The van der Waals surface area contributed by atoms with E-state index in [2.05, 4.69) is 13.8 Å². The van der Waals surface area contributed by atoms with Crippen LogP contribution in [0.5, 0.6) is 0 Å². The van der Waals surface area contributed by atoms with E-state index >= 15 is 0 Å². The molecule has 0 aliphatic carbocycles. The van der Waals surface area contributed by atoms with Crippen molar-refractivity contribution in [3.05, 3.63) is 60.7 Å². The molecule has 2 aromatic carbocycles. The maximum Gasteiger partial charge on any atom is 0.258 e. The molecule has 0 spiro atoms. The Hall–Kier alpha value is -1.79. The molecule has 0 saturated heterocycles. The highest BCUT2D eigenvalue weighted by molar-refractivity contribution is 6.98. The standard InChI is InChI=1S/C23H32O4Si/c1-23(2,17-10-11-20(24)16-18-27-19-26-3)28(25,21-12-6-4-7-13-21)22-14-8-5-9-15-22/h4-9,12-15,25H,10-11,16-19H2,1-3H3. The van der Waals surface area contributed by atoms with Crippen molar-refractivity contribution in [1.29, 1.82) is 0 Å². The first-order chi connectivity index (χ1) is 13.4. The second-order valence-corrected chi connectivity index (χ2v) is 11.7. The molecular formula is C23H32O4Si. The number of Topliss-reactive ketones (excluding diaryl/α,β-unsaturated/α-hetero) is 1. The lowest BCUT2D eigenvalue weighted by atomic mass is 10.0. The minimum Gasteiger partial charge on any atom is -0.424 e. The van der Waals surface area contributed by atoms with Crippen molar-refractivity contribution < 1.29 is 19.1 Å². The Morgan fingerprint density at radius 2 is 1.50 bits per heavy atom. The van der Waals surface area contributed by atoms with Crippen LogP contribution in [-0.4, -0.2) is 39.4 Å². The lowest BCUT2D eigenvalue weighted by Crippen LogP contribution is -2.65. The van der Waals surface area contributed by atoms with Gasteiger partial charge in [0, 0.05) is 20.0 Å². The number of ether oxygens (including phenoxy) is 2. The molecular weight excluding hydrogens is 368 g/mol. The smallest absolute Gasteiger partial charge is 0.258 e. The summed E-state index contributed by atoms with van der Waals surface area (Å²) in [7, 11) is -1.43. The summed E-state index contributed by atoms with van der Waals surface area (Å²) in [6.45, 7) is 4.87. The molecule has 0 aliphatic heterocycles. The highest BCUT2D eigenvalue weighted by Crippen LogP contribution is 2.40. The van der Waals surface area contributed by atoms with Gasteiger partial charge in [0.05, 0.1) is 6.61 Å². The fraction of sp³-hybridized carbons (Fsp3) is 0.435. The Balaban J connectivity index is 2.09. The first-order valence-electron chi connectivity index (χ1n) is 9.83. The Labute approximate surface area is 169 Å². The van der Waals surface area contributed by atoms with Crippen molar-refractivity contribution in [1.82, 2.24) is 0 Å². The fourth-order valence-electron chi connectivity index (χ4n) is 3.67. The number of benzene rings is 2. The zero-order valence-electron chi connectivity index (χ0n) is 17.2. The largest absolute Gasteiger partial charge is 0.424 e. The van der Waals surface area contributed by atoms with E-state index in [1.54, 1.807) is 7.11 Å². The zero-order chi connectivity index (χ0) is 20.5. The minimum atomic E-state index is -2.99. The van der Waals surface area contributed by atoms with Gasteiger partial charge in [-0.3, -0.25) is 4.79 Å². The van der Waals surface area contributed by atoms with Crippen molar-refractivity contribution in [3.8, 4) is 0 Å². The average molecular weight is 401 g/mol. The van der Waals surface area contributed by atoms with Crippen LogP contribution in [0, 0.1) is 0 Å². The molecule has 152 valence electrons. The topological polar surface area (TPSA) is 55.8 Å². The molecule has 0 atom stereocenters. The van der Waals surface area contributed by atoms with Crippen LogP contribution in [0.4, 0.5) is 0 Å². The molecule has 1 N–H and O–H groups in total. The van der Waals surface area contributed by atoms with Crippen molar-refractivity contribution >= 4 is 24.5 Å². The van der Waals surface area contributed by atoms with Gasteiger partial charge in [0.25, 0.3) is 8.32 Å². The number of hydrogen-bond donors (Lipinski definition) is 1. The van der Waals surface area contributed by atoms with Crippen LogP contribution in [0.2, 0.25) is 5.04 Å². The number of ketones is 1. The second kappa shape index (κ2) is 10.7. The average Bonchev–Trinajstić information content (AvgIpc) is 2.71. The summed E-state index contributed by atoms with van der Waals surface area (Å²) in [5, 5.41) is 1.69. The first-order valence-corrected chi connectivity index (χ1v) is 11.8. The van der Waals surface area contributed by atoms with Gasteiger partial charge >= 0.3 is 0 Å². The molecule has 0 fully saturated rings. The van der Waals surface area contributed by atoms with Crippen LogP contribution in [0.3, 0.4) is 0 Å². The molecule has 0 aromatic heterocycles. The molecule has 0 bridgehead atoms. The summed E-state index contributed by atoms with van der Waals surface area (Å²) in [5.74, 6) is 0.191. The van der Waals surface area contributed by atoms with E-state index in [-0.39, 0.29) is 17.6 Å². The van der Waals surface area contributed by atoms with Gasteiger partial charge in [-0.25, -0.2) is 0 Å². The summed E-state index contributed by atoms with van der Waals surface area (Å²) in [6, 6.07) is 20.0. The van der Waals surface area contributed by atoms with Gasteiger partial charge in [-0.15, -0.1) is 0 Å². The molecule has 2 aromatic rings. The van der Waals surface area contributed by atoms with Crippen LogP contribution in [0.25, 0.3) is 0 Å². The van der Waals surface area contributed by atoms with E-state index in [0.717, 1.165) is 23.2 Å². The molecule has 0 amide bonds. The van der Waals surface area contributed by atoms with Gasteiger partial charge in [-0.2, -0.15) is 0 Å². The summed E-state index contributed by atoms with van der Waals surface area (Å²) in [5.41, 5.74) is 0. The molecule has 4 nitrogen and oxygen atoms in total. The van der Waals surface area contributed by atoms with E-state index in [1.165, 1.54) is 0 Å². The third kappa shape index (κ3) is 5.61. The quantitative estimate of drug-likeness (QED) is 0.337. The van der Waals surface area contributed by atoms with Crippen LogP contribution in [0.15, 0.2) is 60.7 Å². The minimum absolute atomic E-state index is 0.191. The van der Waals surface area contributed by atoms with Gasteiger partial charge < -0.3 is 14.3 Å². The van der Waals surface area contributed by atoms with Crippen molar-refractivity contribution in [2.24, 2.45) is 0 Å². The van der Waals surface area contributed by atoms with E-state index in [4.69, 9.17) is 9.47 Å². The van der Waals surface area contributed by atoms with E-state index in [1.807, 2.05) is 60.7 Å². The van der Waals surface area contributed by atoms with Crippen molar-refractivity contribution in [3.63, 3.8) is 0 Å². The van der Waals surface area contributed by atoms with Crippen LogP contribution < -0.4 is 10.4 Å². The molecule has 0 saturated carbocycles. The predicted molar refractivity (Wildman–Crippen MR) is 115 cm³/mol. The Morgan fingerprint density at radius 3 is 2.00 bits per heavy atom. The maximum atomic E-state index is 12.1. The highest BCUT2D eigenvalue weighted by Gasteiger charge is 2.49. The Morgan fingerprint density at radius 1 is 0.964 bits per heavy atom. The Bertz CT molecular complexity index is 676. The first kappa shape index (κ1) is 22.5. The fourth-order valence-corrected chi connectivity index (χ4v) is 7.45. The molecule has 0 aliphatic rings. The van der Waals surface area contributed by atoms with Gasteiger partial charge in [0.2, 0.25) is 0 Å². The summed E-state index contributed by atoms with van der Waals surface area (Å²) in [4.78, 5) is 24.2. The lowest BCUT2D eigenvalue weighted by Gasteiger charge is -2.41. The van der Waals surface area contributed by atoms with Crippen LogP contribution in [-0.2, 0) is 14.3 Å². The lowest BCUT2D eigenvalue weighted by molar-refractivity contribution is -0.121. The Kier molecular flexibility index (Phi) is 8.57. The van der Waals surface area contributed by atoms with Crippen LogP contribution in [0.1, 0.15) is 39.5 Å². The van der Waals surface area contributed by atoms with Gasteiger partial charge in [-0.1, -0.05) is 74.5 Å². The van der Waals surface area contributed by atoms with Gasteiger partial charge in [0.15, 0.2) is 0 Å². The summed E-state index contributed by atoms with van der Waals surface area (Å²) in [6.07, 6.45) is 2.45. The predicted octanol–water partition coefficient (Wildman–Crippen LogP) is 3.27. The van der Waals surface area contributed by atoms with E-state index < -0.39 is 8.32 Å². The maximum absolute atomic E-state index is 12.1. The van der Waals surface area contributed by atoms with E-state index in [9.17, 15) is 9.59 Å². The third-order valence-corrected chi connectivity index (χ3v) is 9.89. The monoisotopic (exact) mass is 400 g/mol. The molecule has 5 heteroatoms. The van der Waals surface area contributed by atoms with Crippen molar-refractivity contribution in [2.75, 3.05) is 20.5 Å². The summed E-state index contributed by atoms with van der Waals surface area (Å²) >= 11 is 0. The number of rotatable bonds is 12. The normalized spacial score (nSPS) is 12.1. The summed E-state index contributed by atoms with van der Waals surface area (Å²) < 4.78 is 10.0. The van der Waals surface area contributed by atoms with E-state index in [0.29, 0.717) is 19.4 Å². The van der Waals surface area contributed by atoms with Gasteiger partial charge in [-0.05, 0) is 28.3 Å². The van der Waals surface area contributed by atoms with Gasteiger partial charge in [0.1, 0.15) is 12.6 Å². The zero-order valence-corrected chi connectivity index (χ0v) is 18.2. The number of hydrogen-bond acceptors (Lipinski definition) is 4. The SMILES string of the molecule is COCOCCC(=O)CCCC(C)(C)[Si](O)(c1ccccc1)c1ccccc1. The molecule has 2 rings (SSSR count). The third-order valence-electron chi connectivity index (χ3n) is 5.35. The molecule has 0 radical (unpaired) electrons. The number of methoxy groups -OCH3 is 1. The van der Waals surface area contributed by atoms with Crippen LogP contribution >= 0.6 is 0 Å². The number of carbonyl (C=O) groups is 1. The molecule has 0 heterocycles. The second-order valence-electron chi connectivity index (χ2n) is 7.78. The highest BCUT2D eigenvalue weighted by atomic mass is 28.4. The molecule has 28 heavy (non-hydrogen) atoms.